The number of unbranched alkanes of at least 4 members (excludes halogenated alkanes) is 1. The number of hydrogen-bond acceptors (Lipinski definition) is 7. The van der Waals surface area contributed by atoms with E-state index in [0.717, 1.165) is 0 Å². The third-order valence-corrected chi connectivity index (χ3v) is 3.59. The van der Waals surface area contributed by atoms with Gasteiger partial charge in [0.25, 0.3) is 0 Å². The quantitative estimate of drug-likeness (QED) is 0.178. The van der Waals surface area contributed by atoms with E-state index < -0.39 is 41.3 Å². The van der Waals surface area contributed by atoms with Crippen LogP contribution in [-0.4, -0.2) is 61.0 Å². The molecule has 0 spiro atoms. The Morgan fingerprint density at radius 2 is 1.50 bits per heavy atom. The van der Waals surface area contributed by atoms with Gasteiger partial charge in [0.2, 0.25) is 5.91 Å². The maximum Gasteiger partial charge on any atom is 0.408 e. The Bertz CT molecular complexity index is 636. The lowest BCUT2D eigenvalue weighted by atomic mass is 10.1. The second-order valence-corrected chi connectivity index (χ2v) is 9.14. The lowest BCUT2D eigenvalue weighted by molar-refractivity contribution is -0.144. The van der Waals surface area contributed by atoms with Crippen LogP contribution in [0, 0.1) is 0 Å². The molecule has 184 valence electrons. The first-order chi connectivity index (χ1) is 14.7. The molecule has 0 aliphatic heterocycles. The number of carbonyl (C=O) groups is 4. The zero-order chi connectivity index (χ0) is 24.8. The zero-order valence-electron chi connectivity index (χ0n) is 20.2. The Morgan fingerprint density at radius 1 is 0.906 bits per heavy atom. The van der Waals surface area contributed by atoms with E-state index in [1.165, 1.54) is 0 Å². The number of carbonyl (C=O) groups excluding carboxylic acids is 4. The summed E-state index contributed by atoms with van der Waals surface area (Å²) in [5.41, 5.74) is -1.31. The van der Waals surface area contributed by atoms with Gasteiger partial charge in [-0.2, -0.15) is 0 Å². The second-order valence-electron chi connectivity index (χ2n) is 9.14. The van der Waals surface area contributed by atoms with Gasteiger partial charge < -0.3 is 30.2 Å². The molecule has 0 heterocycles. The highest BCUT2D eigenvalue weighted by molar-refractivity contribution is 5.88. The molecule has 0 aliphatic carbocycles. The number of alkyl carbamates (subject to hydrolysis) is 2. The van der Waals surface area contributed by atoms with E-state index in [1.54, 1.807) is 47.6 Å². The van der Waals surface area contributed by atoms with Crippen molar-refractivity contribution in [3.8, 4) is 0 Å². The summed E-state index contributed by atoms with van der Waals surface area (Å²) in [6.45, 7) is 14.2. The van der Waals surface area contributed by atoms with Crippen molar-refractivity contribution in [2.45, 2.75) is 84.5 Å². The van der Waals surface area contributed by atoms with Gasteiger partial charge in [-0.3, -0.25) is 9.59 Å². The molecule has 0 aromatic heterocycles. The first kappa shape index (κ1) is 29.2. The monoisotopic (exact) mass is 457 g/mol. The number of esters is 1. The maximum absolute atomic E-state index is 12.5. The average molecular weight is 458 g/mol. The van der Waals surface area contributed by atoms with E-state index in [1.807, 2.05) is 0 Å². The number of rotatable bonds is 12. The van der Waals surface area contributed by atoms with Gasteiger partial charge in [-0.05, 0) is 67.2 Å². The van der Waals surface area contributed by atoms with Crippen LogP contribution in [0.4, 0.5) is 9.59 Å². The molecule has 0 saturated heterocycles. The molecule has 0 rings (SSSR count). The van der Waals surface area contributed by atoms with E-state index in [-0.39, 0.29) is 19.6 Å². The van der Waals surface area contributed by atoms with Crippen molar-refractivity contribution >= 4 is 24.1 Å². The highest BCUT2D eigenvalue weighted by Crippen LogP contribution is 2.09. The SMILES string of the molecule is C=CCCOC(=O)CNC(=O)[C@H](CCCCNC(=O)OC(C)(C)C)NC(=O)OC(C)(C)C. The van der Waals surface area contributed by atoms with Crippen LogP contribution in [-0.2, 0) is 23.8 Å². The summed E-state index contributed by atoms with van der Waals surface area (Å²) in [5.74, 6) is -1.12. The topological polar surface area (TPSA) is 132 Å². The Hall–Kier alpha value is -2.78. The Labute approximate surface area is 190 Å². The van der Waals surface area contributed by atoms with Crippen molar-refractivity contribution in [3.63, 3.8) is 0 Å². The Balaban J connectivity index is 4.64. The van der Waals surface area contributed by atoms with E-state index in [2.05, 4.69) is 22.5 Å². The molecule has 0 saturated carbocycles. The molecule has 0 aromatic rings. The standard InChI is InChI=1S/C22H39N3O7/c1-8-9-14-30-17(26)15-24-18(27)16(25-20(29)32-22(5,6)7)12-10-11-13-23-19(28)31-21(2,3)4/h8,16H,1,9-15H2,2-7H3,(H,23,28)(H,24,27)(H,25,29)/t16-/m0/s1. The lowest BCUT2D eigenvalue weighted by Gasteiger charge is -2.23. The van der Waals surface area contributed by atoms with Crippen LogP contribution in [0.5, 0.6) is 0 Å². The third-order valence-electron chi connectivity index (χ3n) is 3.59. The predicted molar refractivity (Wildman–Crippen MR) is 120 cm³/mol. The van der Waals surface area contributed by atoms with E-state index in [0.29, 0.717) is 25.8 Å². The largest absolute Gasteiger partial charge is 0.464 e. The molecule has 0 aliphatic rings. The summed E-state index contributed by atoms with van der Waals surface area (Å²) in [4.78, 5) is 48.0. The first-order valence-electron chi connectivity index (χ1n) is 10.7. The Morgan fingerprint density at radius 3 is 2.06 bits per heavy atom. The fraction of sp³-hybridized carbons (Fsp3) is 0.727. The molecule has 3 N–H and O–H groups in total. The zero-order valence-corrected chi connectivity index (χ0v) is 20.2. The summed E-state index contributed by atoms with van der Waals surface area (Å²) in [6, 6.07) is -0.910. The van der Waals surface area contributed by atoms with Crippen LogP contribution in [0.25, 0.3) is 0 Å². The van der Waals surface area contributed by atoms with Gasteiger partial charge in [0.05, 0.1) is 6.61 Å². The summed E-state index contributed by atoms with van der Waals surface area (Å²) < 4.78 is 15.3. The van der Waals surface area contributed by atoms with Crippen molar-refractivity contribution in [2.24, 2.45) is 0 Å². The molecule has 0 aromatic carbocycles. The molecule has 10 nitrogen and oxygen atoms in total. The molecule has 3 amide bonds. The second kappa shape index (κ2) is 14.3. The Kier molecular flexibility index (Phi) is 13.1. The molecule has 0 radical (unpaired) electrons. The van der Waals surface area contributed by atoms with Crippen molar-refractivity contribution in [1.82, 2.24) is 16.0 Å². The first-order valence-corrected chi connectivity index (χ1v) is 10.7. The number of amides is 3. The van der Waals surface area contributed by atoms with E-state index in [9.17, 15) is 19.2 Å². The van der Waals surface area contributed by atoms with Gasteiger partial charge >= 0.3 is 18.2 Å². The molecule has 0 bridgehead atoms. The molecule has 1 atom stereocenters. The molecule has 0 unspecified atom stereocenters. The van der Waals surface area contributed by atoms with Crippen molar-refractivity contribution in [3.05, 3.63) is 12.7 Å². The van der Waals surface area contributed by atoms with Crippen molar-refractivity contribution in [2.75, 3.05) is 19.7 Å². The number of nitrogens with one attached hydrogen (secondary N) is 3. The van der Waals surface area contributed by atoms with Crippen LogP contribution in [0.1, 0.15) is 67.2 Å². The minimum atomic E-state index is -0.910. The summed E-state index contributed by atoms with van der Waals surface area (Å²) in [5, 5.41) is 7.63. The number of hydrogen-bond donors (Lipinski definition) is 3. The van der Waals surface area contributed by atoms with Crippen LogP contribution >= 0.6 is 0 Å². The smallest absolute Gasteiger partial charge is 0.408 e. The molecule has 10 heteroatoms. The van der Waals surface area contributed by atoms with Crippen LogP contribution < -0.4 is 16.0 Å². The summed E-state index contributed by atoms with van der Waals surface area (Å²) >= 11 is 0. The van der Waals surface area contributed by atoms with Crippen molar-refractivity contribution in [1.29, 1.82) is 0 Å². The average Bonchev–Trinajstić information content (AvgIpc) is 2.62. The van der Waals surface area contributed by atoms with Gasteiger partial charge in [0.15, 0.2) is 0 Å². The lowest BCUT2D eigenvalue weighted by Crippen LogP contribution is -2.49. The molecular formula is C22H39N3O7. The molecular weight excluding hydrogens is 418 g/mol. The minimum absolute atomic E-state index is 0.183. The van der Waals surface area contributed by atoms with Gasteiger partial charge in [0.1, 0.15) is 23.8 Å². The van der Waals surface area contributed by atoms with Gasteiger partial charge in [0, 0.05) is 6.54 Å². The number of ether oxygens (including phenoxy) is 3. The highest BCUT2D eigenvalue weighted by Gasteiger charge is 2.24. The van der Waals surface area contributed by atoms with E-state index in [4.69, 9.17) is 14.2 Å². The minimum Gasteiger partial charge on any atom is -0.464 e. The van der Waals surface area contributed by atoms with Crippen LogP contribution in [0.15, 0.2) is 12.7 Å². The van der Waals surface area contributed by atoms with Gasteiger partial charge in [-0.15, -0.1) is 6.58 Å². The van der Waals surface area contributed by atoms with Crippen molar-refractivity contribution < 1.29 is 33.4 Å². The summed E-state index contributed by atoms with van der Waals surface area (Å²) in [6.07, 6.45) is 2.24. The third kappa shape index (κ3) is 17.0. The summed E-state index contributed by atoms with van der Waals surface area (Å²) in [7, 11) is 0. The molecule has 0 fully saturated rings. The highest BCUT2D eigenvalue weighted by atomic mass is 16.6. The van der Waals surface area contributed by atoms with Gasteiger partial charge in [-0.1, -0.05) is 6.08 Å². The van der Waals surface area contributed by atoms with Gasteiger partial charge in [-0.25, -0.2) is 9.59 Å². The maximum atomic E-state index is 12.5. The molecule has 32 heavy (non-hydrogen) atoms. The van der Waals surface area contributed by atoms with Crippen LogP contribution in [0.3, 0.4) is 0 Å². The van der Waals surface area contributed by atoms with Crippen LogP contribution in [0.2, 0.25) is 0 Å². The predicted octanol–water partition coefficient (Wildman–Crippen LogP) is 2.81. The fourth-order valence-corrected chi connectivity index (χ4v) is 2.29. The van der Waals surface area contributed by atoms with E-state index >= 15 is 0 Å². The fourth-order valence-electron chi connectivity index (χ4n) is 2.29. The normalized spacial score (nSPS) is 12.2.